The number of carbonyl (C=O) groups excluding carboxylic acids is 1. The topological polar surface area (TPSA) is 47.6 Å². The van der Waals surface area contributed by atoms with Gasteiger partial charge >= 0.3 is 0 Å². The maximum absolute atomic E-state index is 12.4. The largest absolute Gasteiger partial charge is 0.497 e. The molecule has 4 nitrogen and oxygen atoms in total. The number of anilines is 1. The lowest BCUT2D eigenvalue weighted by Gasteiger charge is -2.12. The standard InChI is InChI=1S/C16H16ClNO3/c1-10-4-5-11(17)8-14(10)18-16(19)13-7-6-12(20-2)9-15(13)21-3/h4-9H,1-3H3,(H,18,19). The summed E-state index contributed by atoms with van der Waals surface area (Å²) in [6, 6.07) is 10.4. The quantitative estimate of drug-likeness (QED) is 0.931. The number of carbonyl (C=O) groups is 1. The molecule has 2 aromatic carbocycles. The zero-order valence-electron chi connectivity index (χ0n) is 12.1. The Labute approximate surface area is 128 Å². The van der Waals surface area contributed by atoms with Crippen LogP contribution in [0, 0.1) is 6.92 Å². The first-order valence-corrected chi connectivity index (χ1v) is 6.72. The van der Waals surface area contributed by atoms with Crippen LogP contribution in [0.5, 0.6) is 11.5 Å². The number of amides is 1. The van der Waals surface area contributed by atoms with E-state index in [0.717, 1.165) is 5.56 Å². The lowest BCUT2D eigenvalue weighted by molar-refractivity contribution is 0.102. The molecule has 0 fully saturated rings. The summed E-state index contributed by atoms with van der Waals surface area (Å²) in [5.74, 6) is 0.814. The number of hydrogen-bond acceptors (Lipinski definition) is 3. The Morgan fingerprint density at radius 2 is 1.86 bits per heavy atom. The summed E-state index contributed by atoms with van der Waals surface area (Å²) in [5.41, 5.74) is 2.03. The van der Waals surface area contributed by atoms with Gasteiger partial charge in [-0.2, -0.15) is 0 Å². The van der Waals surface area contributed by atoms with Crippen molar-refractivity contribution in [3.8, 4) is 11.5 Å². The molecule has 0 aliphatic heterocycles. The Kier molecular flexibility index (Phi) is 4.70. The van der Waals surface area contributed by atoms with Crippen molar-refractivity contribution in [1.29, 1.82) is 0 Å². The smallest absolute Gasteiger partial charge is 0.259 e. The summed E-state index contributed by atoms with van der Waals surface area (Å²) in [6.07, 6.45) is 0. The zero-order valence-corrected chi connectivity index (χ0v) is 12.8. The normalized spacial score (nSPS) is 10.1. The molecule has 1 N–H and O–H groups in total. The SMILES string of the molecule is COc1ccc(C(=O)Nc2cc(Cl)ccc2C)c(OC)c1. The Bertz CT molecular complexity index is 671. The molecule has 0 bridgehead atoms. The van der Waals surface area contributed by atoms with Crippen molar-refractivity contribution in [3.05, 3.63) is 52.5 Å². The average Bonchev–Trinajstić information content (AvgIpc) is 2.50. The van der Waals surface area contributed by atoms with Crippen LogP contribution in [0.15, 0.2) is 36.4 Å². The summed E-state index contributed by atoms with van der Waals surface area (Å²) in [6.45, 7) is 1.90. The molecule has 2 rings (SSSR count). The first kappa shape index (κ1) is 15.2. The predicted octanol–water partition coefficient (Wildman–Crippen LogP) is 3.92. The third kappa shape index (κ3) is 3.47. The van der Waals surface area contributed by atoms with E-state index < -0.39 is 0 Å². The fraction of sp³-hybridized carbons (Fsp3) is 0.188. The van der Waals surface area contributed by atoms with Crippen LogP contribution in [0.4, 0.5) is 5.69 Å². The van der Waals surface area contributed by atoms with Gasteiger partial charge in [0.25, 0.3) is 5.91 Å². The number of halogens is 1. The van der Waals surface area contributed by atoms with Crippen LogP contribution < -0.4 is 14.8 Å². The minimum atomic E-state index is -0.264. The average molecular weight is 306 g/mol. The van der Waals surface area contributed by atoms with Gasteiger partial charge in [-0.1, -0.05) is 17.7 Å². The molecule has 0 aliphatic carbocycles. The van der Waals surface area contributed by atoms with Crippen LogP contribution in [0.3, 0.4) is 0 Å². The zero-order chi connectivity index (χ0) is 15.4. The number of benzene rings is 2. The summed E-state index contributed by atoms with van der Waals surface area (Å²) in [4.78, 5) is 12.4. The Hall–Kier alpha value is -2.20. The highest BCUT2D eigenvalue weighted by Gasteiger charge is 2.14. The molecule has 0 heterocycles. The first-order chi connectivity index (χ1) is 10.0. The minimum absolute atomic E-state index is 0.264. The van der Waals surface area contributed by atoms with Gasteiger partial charge < -0.3 is 14.8 Å². The molecule has 0 unspecified atom stereocenters. The molecule has 0 saturated heterocycles. The van der Waals surface area contributed by atoms with Gasteiger partial charge in [0.15, 0.2) is 0 Å². The maximum atomic E-state index is 12.4. The number of rotatable bonds is 4. The van der Waals surface area contributed by atoms with Gasteiger partial charge in [0.1, 0.15) is 11.5 Å². The van der Waals surface area contributed by atoms with Crippen LogP contribution in [0.25, 0.3) is 0 Å². The van der Waals surface area contributed by atoms with Gasteiger partial charge in [-0.25, -0.2) is 0 Å². The Balaban J connectivity index is 2.30. The number of aryl methyl sites for hydroxylation is 1. The van der Waals surface area contributed by atoms with Crippen molar-refractivity contribution < 1.29 is 14.3 Å². The second kappa shape index (κ2) is 6.50. The first-order valence-electron chi connectivity index (χ1n) is 6.34. The Morgan fingerprint density at radius 3 is 2.52 bits per heavy atom. The molecular weight excluding hydrogens is 290 g/mol. The highest BCUT2D eigenvalue weighted by Crippen LogP contribution is 2.26. The van der Waals surface area contributed by atoms with Gasteiger partial charge in [-0.15, -0.1) is 0 Å². The van der Waals surface area contributed by atoms with E-state index in [1.165, 1.54) is 7.11 Å². The molecular formula is C16H16ClNO3. The van der Waals surface area contributed by atoms with E-state index >= 15 is 0 Å². The van der Waals surface area contributed by atoms with Crippen molar-refractivity contribution in [3.63, 3.8) is 0 Å². The van der Waals surface area contributed by atoms with Gasteiger partial charge in [-0.3, -0.25) is 4.79 Å². The molecule has 0 spiro atoms. The molecule has 0 aromatic heterocycles. The molecule has 1 amide bonds. The highest BCUT2D eigenvalue weighted by atomic mass is 35.5. The van der Waals surface area contributed by atoms with Gasteiger partial charge in [0.05, 0.1) is 19.8 Å². The number of nitrogens with one attached hydrogen (secondary N) is 1. The van der Waals surface area contributed by atoms with E-state index in [1.807, 2.05) is 13.0 Å². The van der Waals surface area contributed by atoms with E-state index in [4.69, 9.17) is 21.1 Å². The number of methoxy groups -OCH3 is 2. The van der Waals surface area contributed by atoms with Gasteiger partial charge in [-0.05, 0) is 36.8 Å². The molecule has 21 heavy (non-hydrogen) atoms. The summed E-state index contributed by atoms with van der Waals surface area (Å²) < 4.78 is 10.3. The van der Waals surface area contributed by atoms with E-state index in [9.17, 15) is 4.79 Å². The molecule has 5 heteroatoms. The summed E-state index contributed by atoms with van der Waals surface area (Å²) >= 11 is 5.95. The van der Waals surface area contributed by atoms with Crippen LogP contribution in [0.1, 0.15) is 15.9 Å². The fourth-order valence-corrected chi connectivity index (χ4v) is 2.08. The fourth-order valence-electron chi connectivity index (χ4n) is 1.90. The molecule has 2 aromatic rings. The van der Waals surface area contributed by atoms with E-state index in [-0.39, 0.29) is 5.91 Å². The van der Waals surface area contributed by atoms with Crippen LogP contribution in [0.2, 0.25) is 5.02 Å². The van der Waals surface area contributed by atoms with E-state index in [0.29, 0.717) is 27.8 Å². The van der Waals surface area contributed by atoms with Crippen molar-refractivity contribution in [2.75, 3.05) is 19.5 Å². The summed E-state index contributed by atoms with van der Waals surface area (Å²) in [7, 11) is 3.07. The van der Waals surface area contributed by atoms with E-state index in [2.05, 4.69) is 5.32 Å². The molecule has 0 saturated carbocycles. The molecule has 0 radical (unpaired) electrons. The third-order valence-corrected chi connectivity index (χ3v) is 3.34. The van der Waals surface area contributed by atoms with E-state index in [1.54, 1.807) is 37.4 Å². The van der Waals surface area contributed by atoms with Crippen molar-refractivity contribution in [2.45, 2.75) is 6.92 Å². The summed E-state index contributed by atoms with van der Waals surface area (Å²) in [5, 5.41) is 3.40. The molecule has 0 aliphatic rings. The minimum Gasteiger partial charge on any atom is -0.497 e. The van der Waals surface area contributed by atoms with Crippen molar-refractivity contribution >= 4 is 23.2 Å². The number of ether oxygens (including phenoxy) is 2. The van der Waals surface area contributed by atoms with Gasteiger partial charge in [0.2, 0.25) is 0 Å². The maximum Gasteiger partial charge on any atom is 0.259 e. The van der Waals surface area contributed by atoms with Crippen LogP contribution in [-0.4, -0.2) is 20.1 Å². The van der Waals surface area contributed by atoms with Crippen LogP contribution >= 0.6 is 11.6 Å². The lowest BCUT2D eigenvalue weighted by Crippen LogP contribution is -2.14. The van der Waals surface area contributed by atoms with Gasteiger partial charge in [0, 0.05) is 16.8 Å². The monoisotopic (exact) mass is 305 g/mol. The second-order valence-corrected chi connectivity index (χ2v) is 4.92. The molecule has 0 atom stereocenters. The predicted molar refractivity (Wildman–Crippen MR) is 83.7 cm³/mol. The Morgan fingerprint density at radius 1 is 1.10 bits per heavy atom. The highest BCUT2D eigenvalue weighted by molar-refractivity contribution is 6.31. The number of hydrogen-bond donors (Lipinski definition) is 1. The van der Waals surface area contributed by atoms with Crippen LogP contribution in [-0.2, 0) is 0 Å². The third-order valence-electron chi connectivity index (χ3n) is 3.10. The second-order valence-electron chi connectivity index (χ2n) is 4.48. The van der Waals surface area contributed by atoms with Crippen molar-refractivity contribution in [2.24, 2.45) is 0 Å². The molecule has 110 valence electrons. The lowest BCUT2D eigenvalue weighted by atomic mass is 10.1. The van der Waals surface area contributed by atoms with Crippen molar-refractivity contribution in [1.82, 2.24) is 0 Å².